The van der Waals surface area contributed by atoms with Crippen LogP contribution in [-0.4, -0.2) is 29.0 Å². The molecule has 1 N–H and O–H groups in total. The molecule has 0 unspecified atom stereocenters. The number of carbonyl (C=O) groups is 3. The van der Waals surface area contributed by atoms with Gasteiger partial charge in [-0.1, -0.05) is 6.08 Å². The Morgan fingerprint density at radius 2 is 1.50 bits per heavy atom. The summed E-state index contributed by atoms with van der Waals surface area (Å²) in [6, 6.07) is 0. The largest absolute Gasteiger partial charge is 0.478 e. The van der Waals surface area contributed by atoms with Gasteiger partial charge in [0, 0.05) is 23.8 Å². The quantitative estimate of drug-likeness (QED) is 0.350. The summed E-state index contributed by atoms with van der Waals surface area (Å²) < 4.78 is 4.13. The zero-order valence-electron chi connectivity index (χ0n) is 10.3. The van der Waals surface area contributed by atoms with Gasteiger partial charge >= 0.3 is 17.9 Å². The van der Waals surface area contributed by atoms with Gasteiger partial charge in [-0.3, -0.25) is 0 Å². The van der Waals surface area contributed by atoms with Crippen LogP contribution in [0, 0.1) is 0 Å². The molecule has 0 atom stereocenters. The van der Waals surface area contributed by atoms with Crippen molar-refractivity contribution in [3.05, 3.63) is 29.9 Å². The minimum Gasteiger partial charge on any atom is -0.478 e. The van der Waals surface area contributed by atoms with Crippen molar-refractivity contribution in [2.45, 2.75) is 20.8 Å². The Kier molecular flexibility index (Phi) is 11.0. The second kappa shape index (κ2) is 11.0. The molecule has 0 fully saturated rings. The van der Waals surface area contributed by atoms with Crippen LogP contribution in [0.4, 0.5) is 0 Å². The molecular formula is C12H14O6. The molecule has 0 aliphatic heterocycles. The Labute approximate surface area is 104 Å². The SMILES string of the molecule is CC(C)=C=O.CC=CC(=O)OC(=O)/C=C\C(=O)O. The van der Waals surface area contributed by atoms with Crippen molar-refractivity contribution in [1.29, 1.82) is 0 Å². The minimum atomic E-state index is -1.28. The van der Waals surface area contributed by atoms with Gasteiger partial charge in [-0.2, -0.15) is 0 Å². The maximum atomic E-state index is 10.6. The van der Waals surface area contributed by atoms with Crippen LogP contribution in [0.2, 0.25) is 0 Å². The highest BCUT2D eigenvalue weighted by atomic mass is 16.6. The molecule has 98 valence electrons. The van der Waals surface area contributed by atoms with E-state index in [0.717, 1.165) is 6.08 Å². The van der Waals surface area contributed by atoms with E-state index in [1.54, 1.807) is 26.7 Å². The lowest BCUT2D eigenvalue weighted by molar-refractivity contribution is -0.152. The third-order valence-electron chi connectivity index (χ3n) is 1.07. The third kappa shape index (κ3) is 16.0. The third-order valence-corrected chi connectivity index (χ3v) is 1.07. The van der Waals surface area contributed by atoms with Crippen LogP contribution in [0.15, 0.2) is 29.9 Å². The smallest absolute Gasteiger partial charge is 0.338 e. The number of esters is 2. The van der Waals surface area contributed by atoms with Gasteiger partial charge in [0.05, 0.1) is 0 Å². The summed E-state index contributed by atoms with van der Waals surface area (Å²) in [7, 11) is 0. The van der Waals surface area contributed by atoms with Crippen LogP contribution in [0.1, 0.15) is 20.8 Å². The molecule has 0 bridgehead atoms. The van der Waals surface area contributed by atoms with Crippen molar-refractivity contribution in [1.82, 2.24) is 0 Å². The molecule has 0 heterocycles. The maximum Gasteiger partial charge on any atom is 0.338 e. The van der Waals surface area contributed by atoms with E-state index in [2.05, 4.69) is 4.74 Å². The lowest BCUT2D eigenvalue weighted by atomic mass is 10.4. The Bertz CT molecular complexity index is 406. The molecule has 0 saturated heterocycles. The highest BCUT2D eigenvalue weighted by molar-refractivity contribution is 5.98. The predicted molar refractivity (Wildman–Crippen MR) is 63.2 cm³/mol. The molecule has 0 aromatic heterocycles. The van der Waals surface area contributed by atoms with Crippen molar-refractivity contribution in [2.75, 3.05) is 0 Å². The van der Waals surface area contributed by atoms with Crippen LogP contribution < -0.4 is 0 Å². The van der Waals surface area contributed by atoms with Crippen molar-refractivity contribution in [3.8, 4) is 0 Å². The molecule has 0 spiro atoms. The summed E-state index contributed by atoms with van der Waals surface area (Å²) in [4.78, 5) is 40.5. The molecule has 0 amide bonds. The number of carboxylic acid groups (broad SMARTS) is 1. The fraction of sp³-hybridized carbons (Fsp3) is 0.250. The highest BCUT2D eigenvalue weighted by Crippen LogP contribution is 1.85. The van der Waals surface area contributed by atoms with E-state index in [0.29, 0.717) is 17.7 Å². The first-order valence-corrected chi connectivity index (χ1v) is 4.81. The topological polar surface area (TPSA) is 97.7 Å². The first-order valence-electron chi connectivity index (χ1n) is 4.81. The molecular weight excluding hydrogens is 240 g/mol. The summed E-state index contributed by atoms with van der Waals surface area (Å²) in [5.41, 5.74) is 0.699. The van der Waals surface area contributed by atoms with E-state index < -0.39 is 17.9 Å². The Balaban J connectivity index is 0. The van der Waals surface area contributed by atoms with Crippen molar-refractivity contribution in [2.24, 2.45) is 0 Å². The zero-order chi connectivity index (χ0) is 14.6. The van der Waals surface area contributed by atoms with E-state index in [-0.39, 0.29) is 0 Å². The summed E-state index contributed by atoms with van der Waals surface area (Å²) in [5, 5.41) is 8.11. The number of ether oxygens (including phenoxy) is 1. The van der Waals surface area contributed by atoms with Crippen molar-refractivity contribution < 1.29 is 29.0 Å². The minimum absolute atomic E-state index is 0.589. The van der Waals surface area contributed by atoms with Crippen LogP contribution in [0.3, 0.4) is 0 Å². The van der Waals surface area contributed by atoms with Crippen LogP contribution in [0.25, 0.3) is 0 Å². The summed E-state index contributed by atoms with van der Waals surface area (Å²) in [5.74, 6) is -1.43. The number of hydrogen-bond donors (Lipinski definition) is 1. The predicted octanol–water partition coefficient (Wildman–Crippen LogP) is 1.06. The average Bonchev–Trinajstić information content (AvgIpc) is 2.27. The van der Waals surface area contributed by atoms with Gasteiger partial charge in [0.1, 0.15) is 5.94 Å². The number of aliphatic carboxylic acids is 1. The first-order chi connectivity index (χ1) is 8.33. The number of carboxylic acids is 1. The fourth-order valence-electron chi connectivity index (χ4n) is 0.443. The van der Waals surface area contributed by atoms with Gasteiger partial charge in [0.25, 0.3) is 0 Å². The second-order valence-corrected chi connectivity index (χ2v) is 3.01. The maximum absolute atomic E-state index is 10.6. The van der Waals surface area contributed by atoms with Crippen LogP contribution in [-0.2, 0) is 23.9 Å². The number of hydrogen-bond acceptors (Lipinski definition) is 5. The second-order valence-electron chi connectivity index (χ2n) is 3.01. The normalized spacial score (nSPS) is 9.28. The molecule has 0 aromatic carbocycles. The standard InChI is InChI=1S/C8H8O5.C4H6O/c1-2-3-7(11)13-8(12)5-4-6(9)10;1-4(2)3-5/h2-5H,1H3,(H,9,10);1-2H3/b3-2?,5-4-;. The molecule has 18 heavy (non-hydrogen) atoms. The molecule has 0 aliphatic carbocycles. The number of rotatable bonds is 3. The van der Waals surface area contributed by atoms with Gasteiger partial charge in [-0.25, -0.2) is 19.2 Å². The van der Waals surface area contributed by atoms with Crippen LogP contribution >= 0.6 is 0 Å². The summed E-state index contributed by atoms with van der Waals surface area (Å²) in [6.45, 7) is 5.01. The number of carbonyl (C=O) groups excluding carboxylic acids is 3. The van der Waals surface area contributed by atoms with Crippen LogP contribution in [0.5, 0.6) is 0 Å². The van der Waals surface area contributed by atoms with Gasteiger partial charge < -0.3 is 9.84 Å². The first kappa shape index (κ1) is 17.9. The van der Waals surface area contributed by atoms with E-state index in [4.69, 9.17) is 5.11 Å². The Hall–Kier alpha value is -2.46. The van der Waals surface area contributed by atoms with Gasteiger partial charge in [-0.15, -0.1) is 0 Å². The van der Waals surface area contributed by atoms with Gasteiger partial charge in [0.15, 0.2) is 0 Å². The lowest BCUT2D eigenvalue weighted by Gasteiger charge is -1.92. The molecule has 6 nitrogen and oxygen atoms in total. The van der Waals surface area contributed by atoms with Gasteiger partial charge in [-0.05, 0) is 20.8 Å². The zero-order valence-corrected chi connectivity index (χ0v) is 10.3. The summed E-state index contributed by atoms with van der Waals surface area (Å²) >= 11 is 0. The Morgan fingerprint density at radius 3 is 1.83 bits per heavy atom. The average molecular weight is 254 g/mol. The number of allylic oxidation sites excluding steroid dienone is 2. The molecule has 0 aliphatic rings. The molecule has 0 rings (SSSR count). The van der Waals surface area contributed by atoms with Crippen molar-refractivity contribution >= 4 is 23.8 Å². The highest BCUT2D eigenvalue weighted by Gasteiger charge is 2.02. The lowest BCUT2D eigenvalue weighted by Crippen LogP contribution is -2.07. The Morgan fingerprint density at radius 1 is 1.06 bits per heavy atom. The van der Waals surface area contributed by atoms with E-state index in [9.17, 15) is 19.2 Å². The van der Waals surface area contributed by atoms with E-state index >= 15 is 0 Å². The molecule has 0 radical (unpaired) electrons. The monoisotopic (exact) mass is 254 g/mol. The molecule has 6 heteroatoms. The fourth-order valence-corrected chi connectivity index (χ4v) is 0.443. The van der Waals surface area contributed by atoms with E-state index in [1.165, 1.54) is 6.08 Å². The van der Waals surface area contributed by atoms with Crippen molar-refractivity contribution in [3.63, 3.8) is 0 Å². The molecule has 0 aromatic rings. The van der Waals surface area contributed by atoms with Gasteiger partial charge in [0.2, 0.25) is 0 Å². The summed E-state index contributed by atoms with van der Waals surface area (Å²) in [6.07, 6.45) is 3.69. The van der Waals surface area contributed by atoms with E-state index in [1.807, 2.05) is 0 Å². The molecule has 0 saturated carbocycles.